The number of aromatic nitrogens is 2. The van der Waals surface area contributed by atoms with E-state index in [4.69, 9.17) is 4.42 Å². The van der Waals surface area contributed by atoms with Gasteiger partial charge in [0.2, 0.25) is 0 Å². The van der Waals surface area contributed by atoms with Crippen molar-refractivity contribution in [3.05, 3.63) is 36.0 Å². The molecule has 0 saturated carbocycles. The van der Waals surface area contributed by atoms with E-state index in [0.29, 0.717) is 6.54 Å². The van der Waals surface area contributed by atoms with Crippen molar-refractivity contribution >= 4 is 11.6 Å². The Kier molecular flexibility index (Phi) is 3.27. The van der Waals surface area contributed by atoms with E-state index in [2.05, 4.69) is 15.3 Å². The molecule has 5 nitrogen and oxygen atoms in total. The molecule has 2 aromatic rings. The first-order chi connectivity index (χ1) is 8.19. The van der Waals surface area contributed by atoms with Crippen LogP contribution >= 0.6 is 0 Å². The van der Waals surface area contributed by atoms with Crippen LogP contribution in [0.3, 0.4) is 0 Å². The van der Waals surface area contributed by atoms with Gasteiger partial charge in [-0.2, -0.15) is 0 Å². The van der Waals surface area contributed by atoms with Gasteiger partial charge in [-0.1, -0.05) is 0 Å². The Labute approximate surface area is 100 Å². The minimum absolute atomic E-state index is 0.688. The second kappa shape index (κ2) is 4.86. The standard InChI is InChI=1S/C12H16N4O/c1-9-4-5-10(17-9)7-16(3)12-6-11(13-2)14-8-15-12/h4-6,8H,7H2,1-3H3,(H,13,14,15). The maximum absolute atomic E-state index is 5.53. The van der Waals surface area contributed by atoms with Crippen molar-refractivity contribution in [2.24, 2.45) is 0 Å². The van der Waals surface area contributed by atoms with Gasteiger partial charge in [0.1, 0.15) is 29.5 Å². The number of anilines is 2. The van der Waals surface area contributed by atoms with Gasteiger partial charge in [0.25, 0.3) is 0 Å². The zero-order valence-electron chi connectivity index (χ0n) is 10.3. The summed E-state index contributed by atoms with van der Waals surface area (Å²) in [5, 5.41) is 2.99. The molecule has 0 bridgehead atoms. The number of aryl methyl sites for hydroxylation is 1. The molecule has 0 saturated heterocycles. The molecule has 2 rings (SSSR count). The van der Waals surface area contributed by atoms with Crippen LogP contribution in [-0.2, 0) is 6.54 Å². The lowest BCUT2D eigenvalue weighted by Crippen LogP contribution is -2.17. The fraction of sp³-hybridized carbons (Fsp3) is 0.333. The predicted octanol–water partition coefficient (Wildman–Crippen LogP) is 2.06. The van der Waals surface area contributed by atoms with Crippen LogP contribution in [0, 0.1) is 6.92 Å². The topological polar surface area (TPSA) is 54.2 Å². The first-order valence-corrected chi connectivity index (χ1v) is 5.45. The van der Waals surface area contributed by atoms with Crippen molar-refractivity contribution in [2.75, 3.05) is 24.3 Å². The minimum Gasteiger partial charge on any atom is -0.464 e. The smallest absolute Gasteiger partial charge is 0.134 e. The maximum Gasteiger partial charge on any atom is 0.134 e. The Balaban J connectivity index is 2.11. The Morgan fingerprint density at radius 2 is 2.18 bits per heavy atom. The van der Waals surface area contributed by atoms with Crippen LogP contribution in [0.4, 0.5) is 11.6 Å². The fourth-order valence-corrected chi connectivity index (χ4v) is 1.58. The lowest BCUT2D eigenvalue weighted by atomic mass is 10.4. The van der Waals surface area contributed by atoms with Gasteiger partial charge < -0.3 is 14.6 Å². The molecular formula is C12H16N4O. The summed E-state index contributed by atoms with van der Waals surface area (Å²) in [5.74, 6) is 3.51. The van der Waals surface area contributed by atoms with Crippen LogP contribution < -0.4 is 10.2 Å². The normalized spacial score (nSPS) is 10.3. The second-order valence-electron chi connectivity index (χ2n) is 3.88. The number of nitrogens with one attached hydrogen (secondary N) is 1. The molecule has 0 aliphatic heterocycles. The Morgan fingerprint density at radius 1 is 1.35 bits per heavy atom. The average Bonchev–Trinajstić information content (AvgIpc) is 2.75. The number of hydrogen-bond donors (Lipinski definition) is 1. The van der Waals surface area contributed by atoms with Crippen molar-refractivity contribution in [1.29, 1.82) is 0 Å². The third-order valence-electron chi connectivity index (χ3n) is 2.49. The largest absolute Gasteiger partial charge is 0.464 e. The molecule has 0 fully saturated rings. The van der Waals surface area contributed by atoms with Gasteiger partial charge >= 0.3 is 0 Å². The Hall–Kier alpha value is -2.04. The molecular weight excluding hydrogens is 216 g/mol. The third-order valence-corrected chi connectivity index (χ3v) is 2.49. The second-order valence-corrected chi connectivity index (χ2v) is 3.88. The molecule has 0 aromatic carbocycles. The van der Waals surface area contributed by atoms with Crippen LogP contribution in [0.5, 0.6) is 0 Å². The quantitative estimate of drug-likeness (QED) is 0.874. The van der Waals surface area contributed by atoms with Crippen molar-refractivity contribution in [3.63, 3.8) is 0 Å². The summed E-state index contributed by atoms with van der Waals surface area (Å²) >= 11 is 0. The zero-order valence-corrected chi connectivity index (χ0v) is 10.3. The van der Waals surface area contributed by atoms with Crippen LogP contribution in [0.1, 0.15) is 11.5 Å². The number of furan rings is 1. The van der Waals surface area contributed by atoms with Gasteiger partial charge in [-0.15, -0.1) is 0 Å². The molecule has 0 spiro atoms. The van der Waals surface area contributed by atoms with Gasteiger partial charge in [0, 0.05) is 20.2 Å². The van der Waals surface area contributed by atoms with Gasteiger partial charge in [0.15, 0.2) is 0 Å². The molecule has 2 aromatic heterocycles. The summed E-state index contributed by atoms with van der Waals surface area (Å²) in [6, 6.07) is 5.84. The summed E-state index contributed by atoms with van der Waals surface area (Å²) in [7, 11) is 3.81. The highest BCUT2D eigenvalue weighted by Gasteiger charge is 2.07. The number of rotatable bonds is 4. The van der Waals surface area contributed by atoms with Crippen LogP contribution in [0.15, 0.2) is 28.9 Å². The van der Waals surface area contributed by atoms with Crippen LogP contribution in [-0.4, -0.2) is 24.1 Å². The lowest BCUT2D eigenvalue weighted by Gasteiger charge is -2.16. The molecule has 0 aliphatic carbocycles. The van der Waals surface area contributed by atoms with Crippen LogP contribution in [0.2, 0.25) is 0 Å². The first-order valence-electron chi connectivity index (χ1n) is 5.45. The SMILES string of the molecule is CNc1cc(N(C)Cc2ccc(C)o2)ncn1. The Bertz CT molecular complexity index is 495. The number of hydrogen-bond acceptors (Lipinski definition) is 5. The van der Waals surface area contributed by atoms with E-state index in [0.717, 1.165) is 23.2 Å². The van der Waals surface area contributed by atoms with Gasteiger partial charge in [0.05, 0.1) is 6.54 Å². The highest BCUT2D eigenvalue weighted by atomic mass is 16.3. The maximum atomic E-state index is 5.53. The molecule has 0 radical (unpaired) electrons. The van der Waals surface area contributed by atoms with Gasteiger partial charge in [-0.05, 0) is 19.1 Å². The molecule has 90 valence electrons. The van der Waals surface area contributed by atoms with Crippen molar-refractivity contribution in [2.45, 2.75) is 13.5 Å². The van der Waals surface area contributed by atoms with E-state index in [-0.39, 0.29) is 0 Å². The summed E-state index contributed by atoms with van der Waals surface area (Å²) in [4.78, 5) is 10.3. The Morgan fingerprint density at radius 3 is 2.82 bits per heavy atom. The first kappa shape index (κ1) is 11.4. The van der Waals surface area contributed by atoms with Crippen molar-refractivity contribution in [1.82, 2.24) is 9.97 Å². The third kappa shape index (κ3) is 2.75. The van der Waals surface area contributed by atoms with E-state index in [1.165, 1.54) is 0 Å². The van der Waals surface area contributed by atoms with E-state index >= 15 is 0 Å². The van der Waals surface area contributed by atoms with E-state index in [1.807, 2.05) is 44.1 Å². The highest BCUT2D eigenvalue weighted by Crippen LogP contribution is 2.16. The molecule has 0 aliphatic rings. The molecule has 0 atom stereocenters. The van der Waals surface area contributed by atoms with E-state index in [9.17, 15) is 0 Å². The monoisotopic (exact) mass is 232 g/mol. The molecule has 17 heavy (non-hydrogen) atoms. The van der Waals surface area contributed by atoms with Crippen LogP contribution in [0.25, 0.3) is 0 Å². The average molecular weight is 232 g/mol. The fourth-order valence-electron chi connectivity index (χ4n) is 1.58. The summed E-state index contributed by atoms with van der Waals surface area (Å²) in [6.45, 7) is 2.63. The van der Waals surface area contributed by atoms with Gasteiger partial charge in [-0.3, -0.25) is 0 Å². The summed E-state index contributed by atoms with van der Waals surface area (Å²) in [6.07, 6.45) is 1.55. The van der Waals surface area contributed by atoms with E-state index < -0.39 is 0 Å². The minimum atomic E-state index is 0.688. The van der Waals surface area contributed by atoms with E-state index in [1.54, 1.807) is 6.33 Å². The van der Waals surface area contributed by atoms with Crippen molar-refractivity contribution < 1.29 is 4.42 Å². The molecule has 2 heterocycles. The summed E-state index contributed by atoms with van der Waals surface area (Å²) in [5.41, 5.74) is 0. The molecule has 0 unspecified atom stereocenters. The zero-order chi connectivity index (χ0) is 12.3. The number of nitrogens with zero attached hydrogens (tertiary/aromatic N) is 3. The molecule has 0 amide bonds. The van der Waals surface area contributed by atoms with Gasteiger partial charge in [-0.25, -0.2) is 9.97 Å². The van der Waals surface area contributed by atoms with Crippen molar-refractivity contribution in [3.8, 4) is 0 Å². The lowest BCUT2D eigenvalue weighted by molar-refractivity contribution is 0.481. The molecule has 5 heteroatoms. The summed E-state index contributed by atoms with van der Waals surface area (Å²) < 4.78 is 5.53. The highest BCUT2D eigenvalue weighted by molar-refractivity contribution is 5.47. The molecule has 1 N–H and O–H groups in total. The predicted molar refractivity (Wildman–Crippen MR) is 67.1 cm³/mol.